The molecule has 1 aliphatic heterocycles. The van der Waals surface area contributed by atoms with Gasteiger partial charge in [0, 0.05) is 25.2 Å². The van der Waals surface area contributed by atoms with E-state index in [9.17, 15) is 5.11 Å². The van der Waals surface area contributed by atoms with Crippen LogP contribution in [0.15, 0.2) is 16.7 Å². The molecule has 0 spiro atoms. The summed E-state index contributed by atoms with van der Waals surface area (Å²) in [6, 6.07) is 3.57. The van der Waals surface area contributed by atoms with Crippen LogP contribution >= 0.6 is 15.9 Å². The summed E-state index contributed by atoms with van der Waals surface area (Å²) in [7, 11) is 0. The standard InChI is InChI=1S/C12H16BrNO3/c1-8(2)17-9-5-10(14-11(13)6-9)12(15)3-4-16-7-12/h5-6,8,15H,3-4,7H2,1-2H3. The van der Waals surface area contributed by atoms with Crippen LogP contribution < -0.4 is 4.74 Å². The Morgan fingerprint density at radius 3 is 2.88 bits per heavy atom. The van der Waals surface area contributed by atoms with Crippen LogP contribution in [0.25, 0.3) is 0 Å². The van der Waals surface area contributed by atoms with Crippen LogP contribution in [-0.4, -0.2) is 29.4 Å². The van der Waals surface area contributed by atoms with E-state index in [0.29, 0.717) is 29.1 Å². The van der Waals surface area contributed by atoms with E-state index in [-0.39, 0.29) is 12.7 Å². The van der Waals surface area contributed by atoms with Crippen molar-refractivity contribution in [2.45, 2.75) is 32.0 Å². The molecule has 1 unspecified atom stereocenters. The van der Waals surface area contributed by atoms with E-state index in [1.807, 2.05) is 13.8 Å². The highest BCUT2D eigenvalue weighted by Crippen LogP contribution is 2.32. The molecule has 0 saturated carbocycles. The number of hydrogen-bond acceptors (Lipinski definition) is 4. The van der Waals surface area contributed by atoms with Crippen LogP contribution in [0.2, 0.25) is 0 Å². The van der Waals surface area contributed by atoms with Crippen molar-refractivity contribution in [1.29, 1.82) is 0 Å². The van der Waals surface area contributed by atoms with E-state index in [1.54, 1.807) is 12.1 Å². The van der Waals surface area contributed by atoms with Crippen molar-refractivity contribution in [3.05, 3.63) is 22.4 Å². The number of hydrogen-bond donors (Lipinski definition) is 1. The number of aliphatic hydroxyl groups is 1. The fraction of sp³-hybridized carbons (Fsp3) is 0.583. The Labute approximate surface area is 109 Å². The van der Waals surface area contributed by atoms with Gasteiger partial charge < -0.3 is 14.6 Å². The molecule has 94 valence electrons. The minimum absolute atomic E-state index is 0.0895. The predicted octanol–water partition coefficient (Wildman–Crippen LogP) is 2.24. The van der Waals surface area contributed by atoms with Crippen molar-refractivity contribution in [3.8, 4) is 5.75 Å². The fourth-order valence-corrected chi connectivity index (χ4v) is 2.22. The molecule has 2 heterocycles. The van der Waals surface area contributed by atoms with Crippen LogP contribution in [0.3, 0.4) is 0 Å². The maximum absolute atomic E-state index is 10.4. The zero-order valence-corrected chi connectivity index (χ0v) is 11.5. The van der Waals surface area contributed by atoms with E-state index >= 15 is 0 Å². The minimum atomic E-state index is -0.987. The first-order valence-corrected chi connectivity index (χ1v) is 6.44. The molecule has 2 rings (SSSR count). The molecule has 1 N–H and O–H groups in total. The second-order valence-corrected chi connectivity index (χ2v) is 5.32. The molecule has 4 nitrogen and oxygen atoms in total. The molecule has 0 bridgehead atoms. The second kappa shape index (κ2) is 4.92. The van der Waals surface area contributed by atoms with Crippen molar-refractivity contribution >= 4 is 15.9 Å². The predicted molar refractivity (Wildman–Crippen MR) is 67.0 cm³/mol. The Bertz CT molecular complexity index is 403. The molecule has 1 aromatic heterocycles. The molecule has 0 aliphatic carbocycles. The van der Waals surface area contributed by atoms with Crippen molar-refractivity contribution in [3.63, 3.8) is 0 Å². The van der Waals surface area contributed by atoms with Gasteiger partial charge in [0.25, 0.3) is 0 Å². The van der Waals surface area contributed by atoms with Gasteiger partial charge in [0.1, 0.15) is 16.0 Å². The highest BCUT2D eigenvalue weighted by atomic mass is 79.9. The normalized spacial score (nSPS) is 24.3. The Morgan fingerprint density at radius 1 is 1.53 bits per heavy atom. The van der Waals surface area contributed by atoms with Gasteiger partial charge in [-0.2, -0.15) is 0 Å². The van der Waals surface area contributed by atoms with Gasteiger partial charge in [0.05, 0.1) is 18.4 Å². The third-order valence-corrected chi connectivity index (χ3v) is 3.02. The molecule has 1 aromatic rings. The van der Waals surface area contributed by atoms with Crippen LogP contribution in [-0.2, 0) is 10.3 Å². The van der Waals surface area contributed by atoms with Gasteiger partial charge in [0.15, 0.2) is 0 Å². The van der Waals surface area contributed by atoms with Crippen LogP contribution in [0.1, 0.15) is 26.0 Å². The lowest BCUT2D eigenvalue weighted by molar-refractivity contribution is 0.0190. The van der Waals surface area contributed by atoms with Crippen LogP contribution in [0.5, 0.6) is 5.75 Å². The monoisotopic (exact) mass is 301 g/mol. The molecule has 0 aromatic carbocycles. The average Bonchev–Trinajstić information content (AvgIpc) is 2.64. The largest absolute Gasteiger partial charge is 0.491 e. The second-order valence-electron chi connectivity index (χ2n) is 4.51. The van der Waals surface area contributed by atoms with Gasteiger partial charge >= 0.3 is 0 Å². The number of aromatic nitrogens is 1. The minimum Gasteiger partial charge on any atom is -0.491 e. The van der Waals surface area contributed by atoms with Crippen molar-refractivity contribution < 1.29 is 14.6 Å². The quantitative estimate of drug-likeness (QED) is 0.870. The Hall–Kier alpha value is -0.650. The highest BCUT2D eigenvalue weighted by Gasteiger charge is 2.36. The first-order valence-electron chi connectivity index (χ1n) is 5.64. The average molecular weight is 302 g/mol. The molecule has 0 radical (unpaired) electrons. The number of rotatable bonds is 3. The summed E-state index contributed by atoms with van der Waals surface area (Å²) in [5.74, 6) is 0.706. The number of ether oxygens (including phenoxy) is 2. The summed E-state index contributed by atoms with van der Waals surface area (Å²) in [4.78, 5) is 4.30. The van der Waals surface area contributed by atoms with Crippen molar-refractivity contribution in [2.24, 2.45) is 0 Å². The highest BCUT2D eigenvalue weighted by molar-refractivity contribution is 9.10. The van der Waals surface area contributed by atoms with Gasteiger partial charge in [-0.3, -0.25) is 0 Å². The summed E-state index contributed by atoms with van der Waals surface area (Å²) in [6.07, 6.45) is 0.656. The van der Waals surface area contributed by atoms with E-state index < -0.39 is 5.60 Å². The number of halogens is 1. The van der Waals surface area contributed by atoms with Gasteiger partial charge in [0.2, 0.25) is 0 Å². The molecular weight excluding hydrogens is 286 g/mol. The van der Waals surface area contributed by atoms with E-state index in [2.05, 4.69) is 20.9 Å². The first-order chi connectivity index (χ1) is 7.99. The van der Waals surface area contributed by atoms with Gasteiger partial charge in [-0.25, -0.2) is 4.98 Å². The van der Waals surface area contributed by atoms with E-state index in [4.69, 9.17) is 9.47 Å². The maximum Gasteiger partial charge on any atom is 0.132 e. The van der Waals surface area contributed by atoms with Gasteiger partial charge in [-0.15, -0.1) is 0 Å². The lowest BCUT2D eigenvalue weighted by Crippen LogP contribution is -2.27. The third kappa shape index (κ3) is 2.97. The fourth-order valence-electron chi connectivity index (χ4n) is 1.81. The molecule has 17 heavy (non-hydrogen) atoms. The molecule has 1 fully saturated rings. The van der Waals surface area contributed by atoms with Crippen LogP contribution in [0.4, 0.5) is 0 Å². The zero-order valence-electron chi connectivity index (χ0n) is 9.94. The Balaban J connectivity index is 2.31. The molecular formula is C12H16BrNO3. The smallest absolute Gasteiger partial charge is 0.132 e. The summed E-state index contributed by atoms with van der Waals surface area (Å²) >= 11 is 3.33. The molecule has 1 aliphatic rings. The number of pyridine rings is 1. The lowest BCUT2D eigenvalue weighted by Gasteiger charge is -2.21. The lowest BCUT2D eigenvalue weighted by atomic mass is 9.98. The Kier molecular flexibility index (Phi) is 3.70. The van der Waals surface area contributed by atoms with Crippen molar-refractivity contribution in [1.82, 2.24) is 4.98 Å². The van der Waals surface area contributed by atoms with Crippen LogP contribution in [0, 0.1) is 0 Å². The first kappa shape index (κ1) is 12.8. The summed E-state index contributed by atoms with van der Waals surface area (Å²) in [5, 5.41) is 10.4. The summed E-state index contributed by atoms with van der Waals surface area (Å²) in [6.45, 7) is 4.77. The SMILES string of the molecule is CC(C)Oc1cc(Br)nc(C2(O)CCOC2)c1. The summed E-state index contributed by atoms with van der Waals surface area (Å²) in [5.41, 5.74) is -0.390. The topological polar surface area (TPSA) is 51.6 Å². The van der Waals surface area contributed by atoms with Gasteiger partial charge in [-0.05, 0) is 29.8 Å². The Morgan fingerprint density at radius 2 is 2.29 bits per heavy atom. The molecule has 0 amide bonds. The summed E-state index contributed by atoms with van der Waals surface area (Å²) < 4.78 is 11.5. The van der Waals surface area contributed by atoms with E-state index in [0.717, 1.165) is 0 Å². The number of nitrogens with zero attached hydrogens (tertiary/aromatic N) is 1. The molecule has 1 atom stereocenters. The van der Waals surface area contributed by atoms with Crippen molar-refractivity contribution in [2.75, 3.05) is 13.2 Å². The molecule has 1 saturated heterocycles. The zero-order chi connectivity index (χ0) is 12.5. The van der Waals surface area contributed by atoms with Gasteiger partial charge in [-0.1, -0.05) is 0 Å². The van der Waals surface area contributed by atoms with E-state index in [1.165, 1.54) is 0 Å². The molecule has 5 heteroatoms. The maximum atomic E-state index is 10.4. The third-order valence-electron chi connectivity index (χ3n) is 2.62.